The van der Waals surface area contributed by atoms with Crippen molar-refractivity contribution in [1.82, 2.24) is 4.31 Å². The lowest BCUT2D eigenvalue weighted by molar-refractivity contribution is -0.384. The van der Waals surface area contributed by atoms with E-state index in [1.54, 1.807) is 37.3 Å². The van der Waals surface area contributed by atoms with E-state index in [9.17, 15) is 28.6 Å². The number of carbonyl (C=O) groups is 1. The summed E-state index contributed by atoms with van der Waals surface area (Å²) < 4.78 is 34.6. The summed E-state index contributed by atoms with van der Waals surface area (Å²) in [5, 5.41) is 21.8. The van der Waals surface area contributed by atoms with Gasteiger partial charge in [0.25, 0.3) is 5.69 Å². The van der Waals surface area contributed by atoms with E-state index in [2.05, 4.69) is 12.6 Å². The van der Waals surface area contributed by atoms with Gasteiger partial charge in [0.05, 0.1) is 28.5 Å². The lowest BCUT2D eigenvalue weighted by atomic mass is 9.59. The zero-order valence-corrected chi connectivity index (χ0v) is 21.3. The van der Waals surface area contributed by atoms with Gasteiger partial charge in [0.2, 0.25) is 10.0 Å². The molecule has 1 aliphatic heterocycles. The fourth-order valence-corrected chi connectivity index (χ4v) is 6.88. The van der Waals surface area contributed by atoms with Crippen molar-refractivity contribution in [3.8, 4) is 6.07 Å². The fourth-order valence-electron chi connectivity index (χ4n) is 5.17. The maximum absolute atomic E-state index is 14.0. The van der Waals surface area contributed by atoms with Gasteiger partial charge < -0.3 is 4.74 Å². The van der Waals surface area contributed by atoms with Gasteiger partial charge in [-0.2, -0.15) is 9.57 Å². The Morgan fingerprint density at radius 1 is 1.28 bits per heavy atom. The van der Waals surface area contributed by atoms with Gasteiger partial charge in [-0.3, -0.25) is 14.9 Å². The number of hydrogen-bond donors (Lipinski definition) is 0. The van der Waals surface area contributed by atoms with E-state index in [-0.39, 0.29) is 29.7 Å². The summed E-state index contributed by atoms with van der Waals surface area (Å²) in [5.74, 6) is -0.827. The zero-order chi connectivity index (χ0) is 26.7. The predicted octanol–water partition coefficient (Wildman–Crippen LogP) is 4.63. The van der Waals surface area contributed by atoms with Crippen molar-refractivity contribution in [2.45, 2.75) is 38.1 Å². The number of esters is 1. The van der Waals surface area contributed by atoms with Crippen molar-refractivity contribution in [2.75, 3.05) is 13.2 Å². The number of nitrogens with zero attached hydrogens (tertiary/aromatic N) is 3. The molecule has 9 nitrogen and oxygen atoms in total. The van der Waals surface area contributed by atoms with Crippen LogP contribution >= 0.6 is 0 Å². The maximum atomic E-state index is 14.0. The van der Waals surface area contributed by atoms with Gasteiger partial charge in [0.1, 0.15) is 0 Å². The summed E-state index contributed by atoms with van der Waals surface area (Å²) in [6, 6.07) is 14.0. The molecular weight excluding hydrogens is 482 g/mol. The van der Waals surface area contributed by atoms with Crippen LogP contribution in [0, 0.1) is 38.2 Å². The number of hydrogen-bond acceptors (Lipinski definition) is 7. The second-order valence-corrected chi connectivity index (χ2v) is 11.1. The van der Waals surface area contributed by atoms with E-state index in [1.165, 1.54) is 6.08 Å². The number of benzene rings is 2. The van der Waals surface area contributed by atoms with E-state index < -0.39 is 37.8 Å². The van der Waals surface area contributed by atoms with Crippen LogP contribution < -0.4 is 0 Å². The highest BCUT2D eigenvalue weighted by atomic mass is 32.2. The number of nitro benzene ring substituents is 1. The molecule has 1 saturated heterocycles. The molecule has 0 N–H and O–H groups in total. The normalized spacial score (nSPS) is 24.2. The van der Waals surface area contributed by atoms with Crippen LogP contribution in [0.1, 0.15) is 38.8 Å². The van der Waals surface area contributed by atoms with Gasteiger partial charge in [-0.15, -0.1) is 6.58 Å². The second kappa shape index (κ2) is 10.2. The van der Waals surface area contributed by atoms with Crippen LogP contribution in [0.25, 0.3) is 0 Å². The first-order chi connectivity index (χ1) is 17.0. The highest BCUT2D eigenvalue weighted by molar-refractivity contribution is 7.89. The zero-order valence-electron chi connectivity index (χ0n) is 20.5. The monoisotopic (exact) mass is 511 g/mol. The van der Waals surface area contributed by atoms with E-state index in [4.69, 9.17) is 4.74 Å². The summed E-state index contributed by atoms with van der Waals surface area (Å²) >= 11 is 0. The molecule has 0 bridgehead atoms. The van der Waals surface area contributed by atoms with Crippen molar-refractivity contribution < 1.29 is 22.9 Å². The Bertz CT molecular complexity index is 1290. The largest absolute Gasteiger partial charge is 0.465 e. The van der Waals surface area contributed by atoms with Crippen molar-refractivity contribution in [1.29, 1.82) is 5.26 Å². The molecule has 0 radical (unpaired) electrons. The second-order valence-electron chi connectivity index (χ2n) is 9.21. The van der Waals surface area contributed by atoms with Crippen LogP contribution in [0.4, 0.5) is 5.69 Å². The van der Waals surface area contributed by atoms with Crippen LogP contribution in [0.5, 0.6) is 0 Å². The Morgan fingerprint density at radius 2 is 1.89 bits per heavy atom. The molecule has 2 aromatic carbocycles. The Labute approximate surface area is 211 Å². The highest BCUT2D eigenvalue weighted by Crippen LogP contribution is 2.62. The van der Waals surface area contributed by atoms with Gasteiger partial charge in [-0.05, 0) is 37.0 Å². The number of sulfonamides is 1. The quantitative estimate of drug-likeness (QED) is 0.208. The molecule has 2 aromatic rings. The minimum atomic E-state index is -4.32. The highest BCUT2D eigenvalue weighted by Gasteiger charge is 2.70. The molecule has 3 atom stereocenters. The molecule has 190 valence electrons. The average Bonchev–Trinajstić information content (AvgIpc) is 3.16. The molecule has 0 aromatic heterocycles. The lowest BCUT2D eigenvalue weighted by Crippen LogP contribution is -2.48. The van der Waals surface area contributed by atoms with Crippen LogP contribution in [-0.4, -0.2) is 36.8 Å². The molecule has 0 saturated carbocycles. The molecule has 0 unspecified atom stereocenters. The molecule has 0 spiro atoms. The van der Waals surface area contributed by atoms with Crippen LogP contribution in [0.3, 0.4) is 0 Å². The Morgan fingerprint density at radius 3 is 2.36 bits per heavy atom. The van der Waals surface area contributed by atoms with E-state index in [1.807, 2.05) is 13.8 Å². The van der Waals surface area contributed by atoms with Gasteiger partial charge in [-0.1, -0.05) is 50.3 Å². The van der Waals surface area contributed by atoms with Gasteiger partial charge in [0, 0.05) is 24.1 Å². The fraction of sp³-hybridized carbons (Fsp3) is 0.385. The van der Waals surface area contributed by atoms with Gasteiger partial charge in [-0.25, -0.2) is 8.42 Å². The third kappa shape index (κ3) is 4.29. The molecular formula is C26H29N3O6S. The summed E-state index contributed by atoms with van der Waals surface area (Å²) in [7, 11) is -4.32. The first kappa shape index (κ1) is 27.0. The standard InChI is InChI=1S/C26H29N3O6S/c1-5-25(16-19(3)4)18-28(36(33,34)22-14-12-21(13-15-22)29(31)32)23(20-10-8-7-9-11-20)26(25,17-27)24(30)35-6-2/h5,7-15,19,23H,1,6,16,18H2,2-4H3/t23-,25-,26+/m0/s1. The van der Waals surface area contributed by atoms with E-state index >= 15 is 0 Å². The van der Waals surface area contributed by atoms with Gasteiger partial charge >= 0.3 is 5.97 Å². The smallest absolute Gasteiger partial charge is 0.329 e. The lowest BCUT2D eigenvalue weighted by Gasteiger charge is -2.40. The summed E-state index contributed by atoms with van der Waals surface area (Å²) in [5.41, 5.74) is -3.00. The van der Waals surface area contributed by atoms with Crippen LogP contribution in [0.2, 0.25) is 0 Å². The Hall–Kier alpha value is -3.55. The topological polar surface area (TPSA) is 131 Å². The Kier molecular flexibility index (Phi) is 7.67. The maximum Gasteiger partial charge on any atom is 0.329 e. The van der Waals surface area contributed by atoms with Crippen molar-refractivity contribution >= 4 is 21.7 Å². The van der Waals surface area contributed by atoms with E-state index in [0.29, 0.717) is 12.0 Å². The minimum absolute atomic E-state index is 0.00772. The number of rotatable bonds is 9. The number of ether oxygens (including phenoxy) is 1. The SMILES string of the molecule is C=C[C@]1(CC(C)C)CN(S(=O)(=O)c2ccc([N+](=O)[O-])cc2)[C@@H](c2ccccc2)[C@]1(C#N)C(=O)OCC. The molecule has 0 aliphatic carbocycles. The molecule has 1 fully saturated rings. The van der Waals surface area contributed by atoms with Crippen LogP contribution in [0.15, 0.2) is 72.1 Å². The van der Waals surface area contributed by atoms with Crippen molar-refractivity contribution in [2.24, 2.45) is 16.7 Å². The summed E-state index contributed by atoms with van der Waals surface area (Å²) in [4.78, 5) is 24.0. The third-order valence-corrected chi connectivity index (χ3v) is 8.45. The first-order valence-electron chi connectivity index (χ1n) is 11.5. The first-order valence-corrected chi connectivity index (χ1v) is 13.0. The summed E-state index contributed by atoms with van der Waals surface area (Å²) in [6.07, 6.45) is 1.81. The number of carbonyl (C=O) groups excluding carboxylic acids is 1. The Balaban J connectivity index is 2.35. The molecule has 36 heavy (non-hydrogen) atoms. The minimum Gasteiger partial charge on any atom is -0.465 e. The molecule has 3 rings (SSSR count). The number of nitro groups is 1. The average molecular weight is 512 g/mol. The van der Waals surface area contributed by atoms with Crippen molar-refractivity contribution in [3.05, 3.63) is 82.9 Å². The molecule has 10 heteroatoms. The predicted molar refractivity (Wildman–Crippen MR) is 133 cm³/mol. The van der Waals surface area contributed by atoms with Gasteiger partial charge in [0.15, 0.2) is 5.41 Å². The summed E-state index contributed by atoms with van der Waals surface area (Å²) in [6.45, 7) is 9.22. The van der Waals surface area contributed by atoms with Crippen molar-refractivity contribution in [3.63, 3.8) is 0 Å². The molecule has 0 amide bonds. The van der Waals surface area contributed by atoms with E-state index in [0.717, 1.165) is 28.6 Å². The number of nitriles is 1. The number of non-ortho nitro benzene ring substituents is 1. The third-order valence-electron chi connectivity index (χ3n) is 6.63. The van der Waals surface area contributed by atoms with Crippen LogP contribution in [-0.2, 0) is 19.6 Å². The molecule has 1 aliphatic rings. The molecule has 1 heterocycles.